The van der Waals surface area contributed by atoms with Crippen molar-refractivity contribution < 1.29 is 10.2 Å². The van der Waals surface area contributed by atoms with Gasteiger partial charge >= 0.3 is 0 Å². The van der Waals surface area contributed by atoms with Gasteiger partial charge in [0.25, 0.3) is 0 Å². The summed E-state index contributed by atoms with van der Waals surface area (Å²) >= 11 is 0. The van der Waals surface area contributed by atoms with Crippen molar-refractivity contribution in [3.05, 3.63) is 0 Å². The second-order valence-corrected chi connectivity index (χ2v) is 3.86. The molecule has 0 saturated heterocycles. The van der Waals surface area contributed by atoms with Crippen LogP contribution in [0.2, 0.25) is 0 Å². The second-order valence-electron chi connectivity index (χ2n) is 3.86. The number of rotatable bonds is 2. The Morgan fingerprint density at radius 1 is 1.00 bits per heavy atom. The van der Waals surface area contributed by atoms with Crippen LogP contribution in [-0.2, 0) is 0 Å². The van der Waals surface area contributed by atoms with Gasteiger partial charge in [-0.2, -0.15) is 0 Å². The van der Waals surface area contributed by atoms with Crippen LogP contribution in [0.15, 0.2) is 0 Å². The maximum absolute atomic E-state index is 9.68. The topological polar surface area (TPSA) is 40.5 Å². The lowest BCUT2D eigenvalue weighted by Gasteiger charge is -2.38. The van der Waals surface area contributed by atoms with Crippen LogP contribution in [0.3, 0.4) is 0 Å². The monoisotopic (exact) mass is 146 g/mol. The van der Waals surface area contributed by atoms with Gasteiger partial charge < -0.3 is 10.2 Å². The molecule has 0 aliphatic heterocycles. The van der Waals surface area contributed by atoms with Crippen LogP contribution in [0.1, 0.15) is 34.6 Å². The maximum atomic E-state index is 9.68. The van der Waals surface area contributed by atoms with Crippen LogP contribution in [0, 0.1) is 5.92 Å². The highest BCUT2D eigenvalue weighted by atomic mass is 16.4. The molecule has 62 valence electrons. The van der Waals surface area contributed by atoms with E-state index in [1.807, 2.05) is 13.8 Å². The molecule has 0 rings (SSSR count). The molecule has 2 nitrogen and oxygen atoms in total. The Labute approximate surface area is 62.9 Å². The molecule has 0 aromatic heterocycles. The molecule has 2 heteroatoms. The van der Waals surface area contributed by atoms with Crippen LogP contribution in [0.4, 0.5) is 0 Å². The van der Waals surface area contributed by atoms with E-state index in [-0.39, 0.29) is 5.92 Å². The van der Waals surface area contributed by atoms with Gasteiger partial charge in [-0.15, -0.1) is 0 Å². The molecule has 0 aliphatic rings. The molecule has 0 spiro atoms. The predicted molar refractivity (Wildman–Crippen MR) is 41.8 cm³/mol. The molecular weight excluding hydrogens is 128 g/mol. The van der Waals surface area contributed by atoms with E-state index in [0.29, 0.717) is 0 Å². The van der Waals surface area contributed by atoms with Crippen LogP contribution in [0.25, 0.3) is 0 Å². The average Bonchev–Trinajstić information content (AvgIpc) is 1.62. The molecule has 10 heavy (non-hydrogen) atoms. The molecule has 0 unspecified atom stereocenters. The normalized spacial score (nSPS) is 19.2. The highest BCUT2D eigenvalue weighted by molar-refractivity contribution is 4.91. The molecule has 0 bridgehead atoms. The van der Waals surface area contributed by atoms with Crippen molar-refractivity contribution in [1.82, 2.24) is 0 Å². The van der Waals surface area contributed by atoms with Gasteiger partial charge in [-0.3, -0.25) is 0 Å². The molecule has 0 aliphatic carbocycles. The fourth-order valence-electron chi connectivity index (χ4n) is 0.706. The summed E-state index contributed by atoms with van der Waals surface area (Å²) < 4.78 is 0. The van der Waals surface area contributed by atoms with Gasteiger partial charge in [0.15, 0.2) is 0 Å². The Morgan fingerprint density at radius 2 is 1.30 bits per heavy atom. The third-order valence-electron chi connectivity index (χ3n) is 2.36. The van der Waals surface area contributed by atoms with Gasteiger partial charge in [0, 0.05) is 0 Å². The zero-order chi connectivity index (χ0) is 8.58. The third kappa shape index (κ3) is 1.70. The van der Waals surface area contributed by atoms with Gasteiger partial charge in [-0.25, -0.2) is 0 Å². The molecule has 0 radical (unpaired) electrons. The first-order valence-electron chi connectivity index (χ1n) is 3.64. The third-order valence-corrected chi connectivity index (χ3v) is 2.36. The van der Waals surface area contributed by atoms with Crippen molar-refractivity contribution >= 4 is 0 Å². The summed E-state index contributed by atoms with van der Waals surface area (Å²) in [7, 11) is 0. The van der Waals surface area contributed by atoms with E-state index in [0.717, 1.165) is 0 Å². The summed E-state index contributed by atoms with van der Waals surface area (Å²) in [4.78, 5) is 0. The Kier molecular flexibility index (Phi) is 2.49. The maximum Gasteiger partial charge on any atom is 0.0922 e. The van der Waals surface area contributed by atoms with Gasteiger partial charge in [-0.1, -0.05) is 13.8 Å². The van der Waals surface area contributed by atoms with Crippen molar-refractivity contribution in [3.8, 4) is 0 Å². The predicted octanol–water partition coefficient (Wildman–Crippen LogP) is 1.16. The zero-order valence-corrected chi connectivity index (χ0v) is 7.47. The average molecular weight is 146 g/mol. The Morgan fingerprint density at radius 3 is 1.30 bits per heavy atom. The number of aliphatic hydroxyl groups is 2. The Bertz CT molecular complexity index is 109. The van der Waals surface area contributed by atoms with E-state index in [1.54, 1.807) is 20.8 Å². The van der Waals surface area contributed by atoms with Crippen molar-refractivity contribution in [1.29, 1.82) is 0 Å². The van der Waals surface area contributed by atoms with Gasteiger partial charge in [0.2, 0.25) is 0 Å². The van der Waals surface area contributed by atoms with E-state index in [1.165, 1.54) is 0 Å². The zero-order valence-electron chi connectivity index (χ0n) is 7.47. The van der Waals surface area contributed by atoms with Crippen LogP contribution < -0.4 is 0 Å². The van der Waals surface area contributed by atoms with Crippen molar-refractivity contribution in [2.45, 2.75) is 45.8 Å². The first kappa shape index (κ1) is 9.92. The quantitative estimate of drug-likeness (QED) is 0.614. The highest BCUT2D eigenvalue weighted by Gasteiger charge is 2.39. The molecule has 0 aromatic rings. The van der Waals surface area contributed by atoms with E-state index < -0.39 is 11.2 Å². The molecular formula is C8H18O2. The van der Waals surface area contributed by atoms with Crippen molar-refractivity contribution in [2.24, 2.45) is 5.92 Å². The molecule has 0 saturated carbocycles. The standard InChI is InChI=1S/C8H18O2/c1-6(2)8(5,10)7(3,4)9/h6,9-10H,1-5H3/t8-/m1/s1. The van der Waals surface area contributed by atoms with E-state index in [2.05, 4.69) is 0 Å². The summed E-state index contributed by atoms with van der Waals surface area (Å²) in [6.45, 7) is 8.66. The molecule has 0 heterocycles. The smallest absolute Gasteiger partial charge is 0.0922 e. The summed E-state index contributed by atoms with van der Waals surface area (Å²) in [5.41, 5.74) is -2.03. The first-order chi connectivity index (χ1) is 4.19. The first-order valence-corrected chi connectivity index (χ1v) is 3.64. The second kappa shape index (κ2) is 2.51. The van der Waals surface area contributed by atoms with Crippen molar-refractivity contribution in [3.63, 3.8) is 0 Å². The molecule has 0 amide bonds. The lowest BCUT2D eigenvalue weighted by atomic mass is 9.79. The van der Waals surface area contributed by atoms with Gasteiger partial charge in [0.05, 0.1) is 11.2 Å². The lowest BCUT2D eigenvalue weighted by molar-refractivity contribution is -0.144. The minimum absolute atomic E-state index is 0.0625. The number of hydrogen-bond donors (Lipinski definition) is 2. The van der Waals surface area contributed by atoms with E-state index in [4.69, 9.17) is 0 Å². The van der Waals surface area contributed by atoms with Crippen LogP contribution in [-0.4, -0.2) is 21.4 Å². The molecule has 0 fully saturated rings. The fourth-order valence-corrected chi connectivity index (χ4v) is 0.706. The minimum atomic E-state index is -1.03. The van der Waals surface area contributed by atoms with E-state index >= 15 is 0 Å². The Balaban J connectivity index is 4.40. The SMILES string of the molecule is CC(C)[C@@](C)(O)C(C)(C)O. The molecule has 2 N–H and O–H groups in total. The summed E-state index contributed by atoms with van der Waals surface area (Å²) in [5, 5.41) is 19.1. The van der Waals surface area contributed by atoms with Crippen LogP contribution in [0.5, 0.6) is 0 Å². The van der Waals surface area contributed by atoms with Crippen molar-refractivity contribution in [2.75, 3.05) is 0 Å². The van der Waals surface area contributed by atoms with E-state index in [9.17, 15) is 10.2 Å². The summed E-state index contributed by atoms with van der Waals surface area (Å²) in [6.07, 6.45) is 0. The summed E-state index contributed by atoms with van der Waals surface area (Å²) in [5.74, 6) is 0.0625. The van der Waals surface area contributed by atoms with Gasteiger partial charge in [0.1, 0.15) is 0 Å². The Hall–Kier alpha value is -0.0800. The highest BCUT2D eigenvalue weighted by Crippen LogP contribution is 2.28. The van der Waals surface area contributed by atoms with Crippen LogP contribution >= 0.6 is 0 Å². The summed E-state index contributed by atoms with van der Waals surface area (Å²) in [6, 6.07) is 0. The van der Waals surface area contributed by atoms with Gasteiger partial charge in [-0.05, 0) is 26.7 Å². The fraction of sp³-hybridized carbons (Fsp3) is 1.00. The minimum Gasteiger partial charge on any atom is -0.387 e. The lowest BCUT2D eigenvalue weighted by Crippen LogP contribution is -2.51. The molecule has 1 atom stereocenters. The molecule has 0 aromatic carbocycles. The largest absolute Gasteiger partial charge is 0.387 e. The number of hydrogen-bond acceptors (Lipinski definition) is 2.